The van der Waals surface area contributed by atoms with E-state index in [9.17, 15) is 4.39 Å². The van der Waals surface area contributed by atoms with Crippen molar-refractivity contribution in [1.29, 1.82) is 0 Å². The first-order valence-corrected chi connectivity index (χ1v) is 16.6. The summed E-state index contributed by atoms with van der Waals surface area (Å²) in [6.07, 6.45) is 0. The van der Waals surface area contributed by atoms with Gasteiger partial charge in [-0.2, -0.15) is 0 Å². The minimum absolute atomic E-state index is 0.0118. The van der Waals surface area contributed by atoms with Crippen LogP contribution in [0.3, 0.4) is 0 Å². The van der Waals surface area contributed by atoms with Crippen molar-refractivity contribution in [3.63, 3.8) is 0 Å². The van der Waals surface area contributed by atoms with Gasteiger partial charge in [0.2, 0.25) is 0 Å². The molecule has 1 aliphatic rings. The Morgan fingerprint density at radius 2 is 1.42 bits per heavy atom. The van der Waals surface area contributed by atoms with Crippen LogP contribution in [0.5, 0.6) is 0 Å². The van der Waals surface area contributed by atoms with Gasteiger partial charge in [-0.3, -0.25) is 0 Å². The van der Waals surface area contributed by atoms with E-state index < -0.39 is 25.3 Å². The molecule has 1 aromatic rings. The van der Waals surface area contributed by atoms with Crippen molar-refractivity contribution < 1.29 is 21.4 Å². The van der Waals surface area contributed by atoms with Gasteiger partial charge in [-0.15, -0.1) is 5.54 Å². The van der Waals surface area contributed by atoms with Crippen molar-refractivity contribution in [3.8, 4) is 0 Å². The second-order valence-electron chi connectivity index (χ2n) is 9.19. The maximum atomic E-state index is 13.4. The molecule has 0 aliphatic heterocycles. The van der Waals surface area contributed by atoms with E-state index in [2.05, 4.69) is 54.6 Å². The van der Waals surface area contributed by atoms with Gasteiger partial charge >= 0.3 is 35.6 Å². The zero-order valence-corrected chi connectivity index (χ0v) is 21.4. The standard InChI is InChI=1S/C20H33FNSi.2ClH.Ti/c1-13-14(2)18(16-9-11-17(21)12-10-16)19(15(13)3)23(7,8)22-20(4,5)6;;;/h9-15,18-19H,1-8H3;2*1H;/q-1;;;+2/p-2. The van der Waals surface area contributed by atoms with Crippen molar-refractivity contribution >= 4 is 26.8 Å². The van der Waals surface area contributed by atoms with E-state index in [0.717, 1.165) is 0 Å². The quantitative estimate of drug-likeness (QED) is 0.413. The monoisotopic (exact) mass is 452 g/mol. The molecule has 0 saturated heterocycles. The summed E-state index contributed by atoms with van der Waals surface area (Å²) in [6, 6.07) is 7.22. The average molecular weight is 453 g/mol. The predicted molar refractivity (Wildman–Crippen MR) is 113 cm³/mol. The molecule has 26 heavy (non-hydrogen) atoms. The molecular weight excluding hydrogens is 420 g/mol. The van der Waals surface area contributed by atoms with Gasteiger partial charge in [-0.1, -0.05) is 80.5 Å². The van der Waals surface area contributed by atoms with Crippen molar-refractivity contribution in [2.45, 2.75) is 71.6 Å². The van der Waals surface area contributed by atoms with E-state index in [4.69, 9.17) is 23.6 Å². The predicted octanol–water partition coefficient (Wildman–Crippen LogP) is 7.96. The van der Waals surface area contributed by atoms with Crippen LogP contribution in [0.4, 0.5) is 4.39 Å². The molecule has 0 aromatic heterocycles. The topological polar surface area (TPSA) is 14.1 Å². The summed E-state index contributed by atoms with van der Waals surface area (Å²) in [5, 5.41) is 0. The molecule has 148 valence electrons. The van der Waals surface area contributed by atoms with Gasteiger partial charge in [0.25, 0.3) is 0 Å². The van der Waals surface area contributed by atoms with E-state index in [1.54, 1.807) is 12.1 Å². The third kappa shape index (κ3) is 6.32. The molecule has 0 spiro atoms. The number of halogens is 3. The van der Waals surface area contributed by atoms with Crippen molar-refractivity contribution in [1.82, 2.24) is 0 Å². The van der Waals surface area contributed by atoms with Crippen LogP contribution in [0.1, 0.15) is 53.0 Å². The summed E-state index contributed by atoms with van der Waals surface area (Å²) in [4.78, 5) is 5.30. The fraction of sp³-hybridized carbons (Fsp3) is 0.700. The first-order chi connectivity index (χ1) is 11.9. The Labute approximate surface area is 177 Å². The molecule has 1 nitrogen and oxygen atoms in total. The fourth-order valence-corrected chi connectivity index (χ4v) is 9.85. The summed E-state index contributed by atoms with van der Waals surface area (Å²) in [7, 11) is 8.00. The molecule has 6 heteroatoms. The van der Waals surface area contributed by atoms with Crippen LogP contribution >= 0.6 is 18.6 Å². The summed E-state index contributed by atoms with van der Waals surface area (Å²) < 4.78 is 13.4. The van der Waals surface area contributed by atoms with E-state index in [1.807, 2.05) is 12.1 Å². The van der Waals surface area contributed by atoms with Crippen LogP contribution in [0.15, 0.2) is 24.3 Å². The molecule has 1 saturated carbocycles. The Morgan fingerprint density at radius 3 is 1.85 bits per heavy atom. The van der Waals surface area contributed by atoms with E-state index in [0.29, 0.717) is 29.2 Å². The Bertz CT molecular complexity index is 562. The second kappa shape index (κ2) is 9.89. The number of nitrogens with zero attached hydrogens (tertiary/aromatic N) is 1. The Hall–Kier alpha value is 0.621. The maximum absolute atomic E-state index is 13.4. The third-order valence-electron chi connectivity index (χ3n) is 5.87. The first kappa shape index (κ1) is 24.7. The van der Waals surface area contributed by atoms with E-state index >= 15 is 0 Å². The van der Waals surface area contributed by atoms with Crippen LogP contribution in [-0.4, -0.2) is 13.8 Å². The zero-order chi connectivity index (χ0) is 20.3. The summed E-state index contributed by atoms with van der Waals surface area (Å²) in [5.41, 5.74) is 1.92. The normalized spacial score (nSPS) is 29.1. The number of hydrogen-bond donors (Lipinski definition) is 0. The van der Waals surface area contributed by atoms with Crippen molar-refractivity contribution in [3.05, 3.63) is 40.6 Å². The molecule has 2 rings (SSSR count). The molecule has 1 aliphatic carbocycles. The third-order valence-corrected chi connectivity index (χ3v) is 9.64. The van der Waals surface area contributed by atoms with Crippen molar-refractivity contribution in [2.24, 2.45) is 17.8 Å². The summed E-state index contributed by atoms with van der Waals surface area (Å²) >= 11 is -0.556. The van der Waals surface area contributed by atoms with Gasteiger partial charge in [-0.25, -0.2) is 4.39 Å². The van der Waals surface area contributed by atoms with Crippen LogP contribution in [0, 0.1) is 23.6 Å². The number of hydrogen-bond acceptors (Lipinski definition) is 0. The first-order valence-electron chi connectivity index (χ1n) is 9.31. The van der Waals surface area contributed by atoms with E-state index in [-0.39, 0.29) is 11.4 Å². The average Bonchev–Trinajstić information content (AvgIpc) is 2.71. The van der Waals surface area contributed by atoms with E-state index in [1.165, 1.54) is 5.56 Å². The molecule has 0 amide bonds. The number of rotatable bonds is 3. The van der Waals surface area contributed by atoms with Crippen molar-refractivity contribution in [2.75, 3.05) is 0 Å². The Kier molecular flexibility index (Phi) is 9.38. The fourth-order valence-electron chi connectivity index (χ4n) is 5.00. The van der Waals surface area contributed by atoms with Gasteiger partial charge < -0.3 is 4.98 Å². The molecule has 5 atom stereocenters. The van der Waals surface area contributed by atoms with Crippen LogP contribution in [0.2, 0.25) is 18.6 Å². The van der Waals surface area contributed by atoms with Gasteiger partial charge in [0.05, 0.1) is 0 Å². The van der Waals surface area contributed by atoms with Crippen LogP contribution in [0.25, 0.3) is 4.98 Å². The minimum atomic E-state index is -1.78. The molecule has 0 radical (unpaired) electrons. The molecule has 0 N–H and O–H groups in total. The summed E-state index contributed by atoms with van der Waals surface area (Å²) in [6.45, 7) is 18.6. The SMILES string of the molecule is CC1C(C)C(c2ccc(F)cc2)C([Si](C)(C)[N-]C(C)(C)C)C1C.[Cl][Ti][Cl]. The molecule has 0 heterocycles. The van der Waals surface area contributed by atoms with Crippen LogP contribution in [-0.2, 0) is 17.0 Å². The number of benzene rings is 1. The Balaban J connectivity index is 0.00000105. The molecule has 1 aromatic carbocycles. The summed E-state index contributed by atoms with van der Waals surface area (Å²) in [5.74, 6) is 2.30. The molecular formula is C20H33Cl2FNSiTi-. The van der Waals surface area contributed by atoms with Gasteiger partial charge in [0.15, 0.2) is 0 Å². The van der Waals surface area contributed by atoms with Gasteiger partial charge in [0, 0.05) is 0 Å². The van der Waals surface area contributed by atoms with Gasteiger partial charge in [0.1, 0.15) is 5.82 Å². The molecule has 1 fully saturated rings. The zero-order valence-electron chi connectivity index (χ0n) is 17.3. The molecule has 5 unspecified atom stereocenters. The Morgan fingerprint density at radius 1 is 0.962 bits per heavy atom. The molecule has 0 bridgehead atoms. The second-order valence-corrected chi connectivity index (χ2v) is 16.0. The van der Waals surface area contributed by atoms with Gasteiger partial charge in [-0.05, 0) is 41.4 Å². The van der Waals surface area contributed by atoms with Crippen LogP contribution < -0.4 is 0 Å².